The molecule has 2 heterocycles. The van der Waals surface area contributed by atoms with E-state index < -0.39 is 17.9 Å². The van der Waals surface area contributed by atoms with Gasteiger partial charge in [-0.1, -0.05) is 37.5 Å². The van der Waals surface area contributed by atoms with Gasteiger partial charge in [-0.05, 0) is 48.8 Å². The van der Waals surface area contributed by atoms with Crippen LogP contribution in [0, 0.1) is 0 Å². The first-order valence-electron chi connectivity index (χ1n) is 11.0. The van der Waals surface area contributed by atoms with Gasteiger partial charge in [-0.25, -0.2) is 4.98 Å². The van der Waals surface area contributed by atoms with Crippen LogP contribution < -0.4 is 21.7 Å². The Balaban J connectivity index is 1.61. The zero-order chi connectivity index (χ0) is 22.0. The highest BCUT2D eigenvalue weighted by molar-refractivity contribution is 5.92. The minimum atomic E-state index is -0.643. The van der Waals surface area contributed by atoms with Gasteiger partial charge in [0.2, 0.25) is 11.9 Å². The maximum absolute atomic E-state index is 11.8. The molecule has 1 fully saturated rings. The molecule has 1 saturated carbocycles. The van der Waals surface area contributed by atoms with Crippen LogP contribution in [0.5, 0.6) is 0 Å². The number of nitrogens with two attached hydrogens (primary N) is 2. The van der Waals surface area contributed by atoms with Gasteiger partial charge >= 0.3 is 0 Å². The molecule has 8 nitrogen and oxygen atoms in total. The lowest BCUT2D eigenvalue weighted by Crippen LogP contribution is -2.35. The Morgan fingerprint density at radius 3 is 2.65 bits per heavy atom. The highest BCUT2D eigenvalue weighted by Gasteiger charge is 2.26. The topological polar surface area (TPSA) is 127 Å². The van der Waals surface area contributed by atoms with Gasteiger partial charge < -0.3 is 21.7 Å². The number of hydrogen-bond donors (Lipinski definition) is 3. The summed E-state index contributed by atoms with van der Waals surface area (Å²) >= 11 is 0. The summed E-state index contributed by atoms with van der Waals surface area (Å²) in [5, 5.41) is 2.93. The van der Waals surface area contributed by atoms with Gasteiger partial charge in [0.1, 0.15) is 17.6 Å². The van der Waals surface area contributed by atoms with Gasteiger partial charge in [0.25, 0.3) is 5.91 Å². The number of hydrogen-bond acceptors (Lipinski definition) is 6. The molecule has 1 aromatic heterocycles. The van der Waals surface area contributed by atoms with Crippen LogP contribution in [0.15, 0.2) is 24.3 Å². The lowest BCUT2D eigenvalue weighted by Gasteiger charge is -2.33. The second-order valence-electron chi connectivity index (χ2n) is 8.56. The van der Waals surface area contributed by atoms with Crippen LogP contribution in [0.3, 0.4) is 0 Å². The SMILES string of the molecule is CC(Nc1cc(C(N)=O)nc(N2CCc3c(cccc3C3CCCCC3)C2)n1)C(N)=O. The molecule has 1 aromatic carbocycles. The maximum Gasteiger partial charge on any atom is 0.267 e. The number of primary amides is 2. The molecule has 0 spiro atoms. The Labute approximate surface area is 182 Å². The van der Waals surface area contributed by atoms with E-state index >= 15 is 0 Å². The number of nitrogens with zero attached hydrogens (tertiary/aromatic N) is 3. The number of fused-ring (bicyclic) bond motifs is 1. The zero-order valence-electron chi connectivity index (χ0n) is 17.9. The Kier molecular flexibility index (Phi) is 6.06. The van der Waals surface area contributed by atoms with Crippen molar-refractivity contribution in [2.75, 3.05) is 16.8 Å². The first-order valence-corrected chi connectivity index (χ1v) is 11.0. The summed E-state index contributed by atoms with van der Waals surface area (Å²) in [6.45, 7) is 3.06. The average Bonchev–Trinajstić information content (AvgIpc) is 2.78. The normalized spacial score (nSPS) is 17.6. The smallest absolute Gasteiger partial charge is 0.267 e. The Morgan fingerprint density at radius 1 is 1.16 bits per heavy atom. The number of amides is 2. The summed E-state index contributed by atoms with van der Waals surface area (Å²) in [7, 11) is 0. The van der Waals surface area contributed by atoms with Crippen LogP contribution in [-0.2, 0) is 17.8 Å². The summed E-state index contributed by atoms with van der Waals surface area (Å²) in [6.07, 6.45) is 7.43. The number of aromatic nitrogens is 2. The molecule has 8 heteroatoms. The van der Waals surface area contributed by atoms with Gasteiger partial charge in [0.05, 0.1) is 0 Å². The van der Waals surface area contributed by atoms with Gasteiger partial charge in [-0.3, -0.25) is 9.59 Å². The molecule has 31 heavy (non-hydrogen) atoms. The monoisotopic (exact) mass is 422 g/mol. The number of benzene rings is 1. The molecule has 1 atom stereocenters. The third-order valence-electron chi connectivity index (χ3n) is 6.39. The summed E-state index contributed by atoms with van der Waals surface area (Å²) in [6, 6.07) is 7.42. The van der Waals surface area contributed by atoms with E-state index in [1.165, 1.54) is 54.9 Å². The predicted molar refractivity (Wildman–Crippen MR) is 120 cm³/mol. The van der Waals surface area contributed by atoms with Gasteiger partial charge in [0.15, 0.2) is 0 Å². The molecule has 0 bridgehead atoms. The van der Waals surface area contributed by atoms with Crippen LogP contribution in [0.25, 0.3) is 0 Å². The van der Waals surface area contributed by atoms with E-state index in [0.29, 0.717) is 24.2 Å². The molecule has 1 aliphatic heterocycles. The van der Waals surface area contributed by atoms with Gasteiger partial charge in [0, 0.05) is 19.2 Å². The zero-order valence-corrected chi connectivity index (χ0v) is 17.9. The van der Waals surface area contributed by atoms with E-state index in [1.54, 1.807) is 6.92 Å². The molecule has 1 aliphatic carbocycles. The van der Waals surface area contributed by atoms with E-state index in [2.05, 4.69) is 38.4 Å². The Hall–Kier alpha value is -3.16. The first kappa shape index (κ1) is 21.1. The molecule has 0 radical (unpaired) electrons. The first-order chi connectivity index (χ1) is 14.9. The van der Waals surface area contributed by atoms with E-state index in [1.807, 2.05) is 0 Å². The largest absolute Gasteiger partial charge is 0.368 e. The molecule has 2 aliphatic rings. The van der Waals surface area contributed by atoms with Gasteiger partial charge in [-0.15, -0.1) is 0 Å². The molecule has 0 saturated heterocycles. The molecule has 2 amide bonds. The minimum absolute atomic E-state index is 0.103. The standard InChI is InChI=1S/C23H30N6O2/c1-14(21(24)30)26-20-12-19(22(25)31)27-23(28-20)29-11-10-18-16(13-29)8-5-9-17(18)15-6-3-2-4-7-15/h5,8-9,12,14-15H,2-4,6-7,10-11,13H2,1H3,(H2,24,30)(H2,25,31)(H,26,27,28). The summed E-state index contributed by atoms with van der Waals surface area (Å²) < 4.78 is 0. The lowest BCUT2D eigenvalue weighted by molar-refractivity contribution is -0.118. The van der Waals surface area contributed by atoms with Crippen molar-refractivity contribution in [3.63, 3.8) is 0 Å². The molecule has 2 aromatic rings. The Bertz CT molecular complexity index is 986. The molecule has 1 unspecified atom stereocenters. The van der Waals surface area contributed by atoms with Crippen molar-refractivity contribution in [1.29, 1.82) is 0 Å². The quantitative estimate of drug-likeness (QED) is 0.656. The number of nitrogens with one attached hydrogen (secondary N) is 1. The molecular formula is C23H30N6O2. The van der Waals surface area contributed by atoms with Crippen molar-refractivity contribution in [3.05, 3.63) is 46.6 Å². The van der Waals surface area contributed by atoms with Crippen molar-refractivity contribution < 1.29 is 9.59 Å². The lowest BCUT2D eigenvalue weighted by atomic mass is 9.79. The third-order valence-corrected chi connectivity index (χ3v) is 6.39. The predicted octanol–water partition coefficient (Wildman–Crippen LogP) is 2.47. The number of rotatable bonds is 6. The van der Waals surface area contributed by atoms with E-state index in [4.69, 9.17) is 11.5 Å². The van der Waals surface area contributed by atoms with Crippen LogP contribution in [0.4, 0.5) is 11.8 Å². The fourth-order valence-electron chi connectivity index (χ4n) is 4.67. The highest BCUT2D eigenvalue weighted by atomic mass is 16.1. The van der Waals surface area contributed by atoms with E-state index in [0.717, 1.165) is 13.0 Å². The number of anilines is 2. The van der Waals surface area contributed by atoms with Crippen molar-refractivity contribution in [1.82, 2.24) is 9.97 Å². The molecular weight excluding hydrogens is 392 g/mol. The number of carbonyl (C=O) groups is 2. The van der Waals surface area contributed by atoms with Crippen molar-refractivity contribution in [2.24, 2.45) is 11.5 Å². The van der Waals surface area contributed by atoms with Crippen molar-refractivity contribution >= 4 is 23.6 Å². The van der Waals surface area contributed by atoms with Crippen molar-refractivity contribution in [3.8, 4) is 0 Å². The van der Waals surface area contributed by atoms with E-state index in [-0.39, 0.29) is 5.69 Å². The summed E-state index contributed by atoms with van der Waals surface area (Å²) in [5.41, 5.74) is 15.2. The second-order valence-corrected chi connectivity index (χ2v) is 8.56. The highest BCUT2D eigenvalue weighted by Crippen LogP contribution is 2.37. The Morgan fingerprint density at radius 2 is 1.94 bits per heavy atom. The van der Waals surface area contributed by atoms with Crippen LogP contribution >= 0.6 is 0 Å². The van der Waals surface area contributed by atoms with Crippen LogP contribution in [0.2, 0.25) is 0 Å². The number of carbonyl (C=O) groups excluding carboxylic acids is 2. The maximum atomic E-state index is 11.8. The average molecular weight is 423 g/mol. The van der Waals surface area contributed by atoms with Crippen molar-refractivity contribution in [2.45, 2.75) is 64.0 Å². The molecule has 4 rings (SSSR count). The van der Waals surface area contributed by atoms with Crippen LogP contribution in [-0.4, -0.2) is 34.4 Å². The molecule has 164 valence electrons. The molecule has 5 N–H and O–H groups in total. The fraction of sp³-hybridized carbons (Fsp3) is 0.478. The van der Waals surface area contributed by atoms with Gasteiger partial charge in [-0.2, -0.15) is 4.98 Å². The fourth-order valence-corrected chi connectivity index (χ4v) is 4.67. The third kappa shape index (κ3) is 4.62. The van der Waals surface area contributed by atoms with Crippen LogP contribution in [0.1, 0.15) is 72.1 Å². The summed E-state index contributed by atoms with van der Waals surface area (Å²) in [5.74, 6) is 0.283. The second kappa shape index (κ2) is 8.91. The van der Waals surface area contributed by atoms with E-state index in [9.17, 15) is 9.59 Å². The minimum Gasteiger partial charge on any atom is -0.368 e. The summed E-state index contributed by atoms with van der Waals surface area (Å²) in [4.78, 5) is 34.2.